The molecule has 2 rings (SSSR count). The average molecular weight is 267 g/mol. The molecule has 0 unspecified atom stereocenters. The summed E-state index contributed by atoms with van der Waals surface area (Å²) in [6.45, 7) is 0. The molecule has 102 valence electrons. The number of hydrogen-bond acceptors (Lipinski definition) is 3. The number of carbonyl (C=O) groups is 1. The van der Waals surface area contributed by atoms with Gasteiger partial charge < -0.3 is 10.0 Å². The van der Waals surface area contributed by atoms with Gasteiger partial charge >= 0.3 is 0 Å². The van der Waals surface area contributed by atoms with E-state index in [0.29, 0.717) is 5.56 Å². The van der Waals surface area contributed by atoms with Gasteiger partial charge in [0.1, 0.15) is 5.75 Å². The second-order valence-electron chi connectivity index (χ2n) is 4.73. The fraction of sp³-hybridized carbons (Fsp3) is 0.118. The highest BCUT2D eigenvalue weighted by molar-refractivity contribution is 6.07. The lowest BCUT2D eigenvalue weighted by Gasteiger charge is -2.11. The maximum Gasteiger partial charge on any atom is 0.185 e. The molecule has 0 aromatic heterocycles. The number of rotatable bonds is 4. The van der Waals surface area contributed by atoms with E-state index in [9.17, 15) is 9.90 Å². The Bertz CT molecular complexity index is 628. The third-order valence-electron chi connectivity index (χ3n) is 2.97. The van der Waals surface area contributed by atoms with Crippen LogP contribution in [0.3, 0.4) is 0 Å². The fourth-order valence-corrected chi connectivity index (χ4v) is 1.82. The predicted octanol–water partition coefficient (Wildman–Crippen LogP) is 3.35. The van der Waals surface area contributed by atoms with Crippen LogP contribution in [-0.4, -0.2) is 25.0 Å². The van der Waals surface area contributed by atoms with E-state index in [1.165, 1.54) is 6.08 Å². The van der Waals surface area contributed by atoms with Gasteiger partial charge in [-0.3, -0.25) is 4.79 Å². The van der Waals surface area contributed by atoms with Crippen molar-refractivity contribution in [2.45, 2.75) is 0 Å². The summed E-state index contributed by atoms with van der Waals surface area (Å²) < 4.78 is 0. The van der Waals surface area contributed by atoms with Crippen LogP contribution in [0.2, 0.25) is 0 Å². The lowest BCUT2D eigenvalue weighted by Crippen LogP contribution is -2.08. The van der Waals surface area contributed by atoms with Crippen LogP contribution >= 0.6 is 0 Å². The summed E-state index contributed by atoms with van der Waals surface area (Å²) in [5.74, 6) is 0.133. The third kappa shape index (κ3) is 3.48. The maximum atomic E-state index is 12.0. The van der Waals surface area contributed by atoms with Crippen LogP contribution in [0.25, 0.3) is 6.08 Å². The van der Waals surface area contributed by atoms with Gasteiger partial charge in [0.15, 0.2) is 5.78 Å². The predicted molar refractivity (Wildman–Crippen MR) is 82.2 cm³/mol. The summed E-state index contributed by atoms with van der Waals surface area (Å²) in [7, 11) is 3.91. The molecule has 3 heteroatoms. The summed E-state index contributed by atoms with van der Waals surface area (Å²) >= 11 is 0. The van der Waals surface area contributed by atoms with Gasteiger partial charge in [0.25, 0.3) is 0 Å². The van der Waals surface area contributed by atoms with Crippen molar-refractivity contribution in [3.63, 3.8) is 0 Å². The molecule has 0 saturated carbocycles. The number of phenols is 1. The van der Waals surface area contributed by atoms with Crippen molar-refractivity contribution in [2.24, 2.45) is 0 Å². The van der Waals surface area contributed by atoms with Gasteiger partial charge in [-0.1, -0.05) is 18.2 Å². The number of ketones is 1. The van der Waals surface area contributed by atoms with Gasteiger partial charge in [0.2, 0.25) is 0 Å². The molecule has 2 aromatic rings. The number of aromatic hydroxyl groups is 1. The quantitative estimate of drug-likeness (QED) is 0.682. The zero-order valence-corrected chi connectivity index (χ0v) is 11.6. The zero-order valence-electron chi connectivity index (χ0n) is 11.6. The van der Waals surface area contributed by atoms with E-state index in [1.807, 2.05) is 49.3 Å². The van der Waals surface area contributed by atoms with E-state index in [0.717, 1.165) is 11.3 Å². The minimum atomic E-state index is -0.0568. The first-order valence-corrected chi connectivity index (χ1v) is 6.35. The Morgan fingerprint density at radius 2 is 1.80 bits per heavy atom. The van der Waals surface area contributed by atoms with Crippen LogP contribution in [0.5, 0.6) is 5.75 Å². The summed E-state index contributed by atoms with van der Waals surface area (Å²) in [6, 6.07) is 14.2. The van der Waals surface area contributed by atoms with E-state index in [4.69, 9.17) is 0 Å². The molecule has 0 aliphatic rings. The lowest BCUT2D eigenvalue weighted by molar-refractivity contribution is 0.104. The molecule has 20 heavy (non-hydrogen) atoms. The molecule has 0 bridgehead atoms. The summed E-state index contributed by atoms with van der Waals surface area (Å²) in [4.78, 5) is 14.0. The maximum absolute atomic E-state index is 12.0. The SMILES string of the molecule is CN(C)c1ccc(C(=O)/C=C/c2cccc(O)c2)cc1. The van der Waals surface area contributed by atoms with Gasteiger partial charge in [-0.25, -0.2) is 0 Å². The molecular formula is C17H17NO2. The van der Waals surface area contributed by atoms with E-state index in [1.54, 1.807) is 24.3 Å². The van der Waals surface area contributed by atoms with Gasteiger partial charge in [0, 0.05) is 25.3 Å². The van der Waals surface area contributed by atoms with Crippen molar-refractivity contribution in [1.29, 1.82) is 0 Å². The molecule has 0 aliphatic carbocycles. The second-order valence-corrected chi connectivity index (χ2v) is 4.73. The molecule has 0 atom stereocenters. The van der Waals surface area contributed by atoms with Crippen molar-refractivity contribution in [3.05, 3.63) is 65.7 Å². The Labute approximate surface area is 118 Å². The molecule has 0 radical (unpaired) electrons. The molecule has 0 spiro atoms. The Morgan fingerprint density at radius 1 is 1.10 bits per heavy atom. The van der Waals surface area contributed by atoms with E-state index in [2.05, 4.69) is 0 Å². The van der Waals surface area contributed by atoms with Crippen LogP contribution < -0.4 is 4.90 Å². The molecule has 2 aromatic carbocycles. The lowest BCUT2D eigenvalue weighted by atomic mass is 10.1. The fourth-order valence-electron chi connectivity index (χ4n) is 1.82. The van der Waals surface area contributed by atoms with Crippen LogP contribution in [0.4, 0.5) is 5.69 Å². The van der Waals surface area contributed by atoms with Crippen molar-refractivity contribution in [3.8, 4) is 5.75 Å². The minimum Gasteiger partial charge on any atom is -0.508 e. The minimum absolute atomic E-state index is 0.0568. The van der Waals surface area contributed by atoms with Crippen LogP contribution in [0.1, 0.15) is 15.9 Å². The molecule has 0 saturated heterocycles. The highest BCUT2D eigenvalue weighted by Crippen LogP contribution is 2.15. The van der Waals surface area contributed by atoms with Crippen LogP contribution in [-0.2, 0) is 0 Å². The highest BCUT2D eigenvalue weighted by atomic mass is 16.3. The first-order valence-electron chi connectivity index (χ1n) is 6.35. The zero-order chi connectivity index (χ0) is 14.5. The molecule has 3 nitrogen and oxygen atoms in total. The van der Waals surface area contributed by atoms with Crippen LogP contribution in [0.15, 0.2) is 54.6 Å². The first kappa shape index (κ1) is 13.9. The van der Waals surface area contributed by atoms with E-state index < -0.39 is 0 Å². The molecule has 0 amide bonds. The Hall–Kier alpha value is -2.55. The van der Waals surface area contributed by atoms with Crippen molar-refractivity contribution in [1.82, 2.24) is 0 Å². The largest absolute Gasteiger partial charge is 0.508 e. The van der Waals surface area contributed by atoms with Crippen molar-refractivity contribution < 1.29 is 9.90 Å². The smallest absolute Gasteiger partial charge is 0.185 e. The second kappa shape index (κ2) is 6.06. The van der Waals surface area contributed by atoms with E-state index >= 15 is 0 Å². The first-order chi connectivity index (χ1) is 9.56. The monoisotopic (exact) mass is 267 g/mol. The normalized spacial score (nSPS) is 10.7. The summed E-state index contributed by atoms with van der Waals surface area (Å²) in [5, 5.41) is 9.35. The Morgan fingerprint density at radius 3 is 2.40 bits per heavy atom. The summed E-state index contributed by atoms with van der Waals surface area (Å²) in [6.07, 6.45) is 3.21. The van der Waals surface area contributed by atoms with Gasteiger partial charge in [-0.15, -0.1) is 0 Å². The molecular weight excluding hydrogens is 250 g/mol. The molecule has 0 heterocycles. The third-order valence-corrected chi connectivity index (χ3v) is 2.97. The van der Waals surface area contributed by atoms with Gasteiger partial charge in [-0.05, 0) is 48.0 Å². The van der Waals surface area contributed by atoms with Gasteiger partial charge in [0.05, 0.1) is 0 Å². The standard InChI is InChI=1S/C17H17NO2/c1-18(2)15-9-7-14(8-10-15)17(20)11-6-13-4-3-5-16(19)12-13/h3-12,19H,1-2H3/b11-6+. The number of phenolic OH excluding ortho intramolecular Hbond substituents is 1. The van der Waals surface area contributed by atoms with Gasteiger partial charge in [-0.2, -0.15) is 0 Å². The topological polar surface area (TPSA) is 40.5 Å². The molecule has 1 N–H and O–H groups in total. The molecule has 0 fully saturated rings. The van der Waals surface area contributed by atoms with Crippen molar-refractivity contribution in [2.75, 3.05) is 19.0 Å². The number of allylic oxidation sites excluding steroid dienone is 1. The number of anilines is 1. The number of nitrogens with zero attached hydrogens (tertiary/aromatic N) is 1. The Kier molecular flexibility index (Phi) is 4.20. The van der Waals surface area contributed by atoms with Crippen molar-refractivity contribution >= 4 is 17.5 Å². The van der Waals surface area contributed by atoms with E-state index in [-0.39, 0.29) is 11.5 Å². The highest BCUT2D eigenvalue weighted by Gasteiger charge is 2.02. The number of hydrogen-bond donors (Lipinski definition) is 1. The number of carbonyl (C=O) groups excluding carboxylic acids is 1. The Balaban J connectivity index is 2.11. The van der Waals surface area contributed by atoms with Crippen LogP contribution in [0, 0.1) is 0 Å². The molecule has 0 aliphatic heterocycles. The summed E-state index contributed by atoms with van der Waals surface area (Å²) in [5.41, 5.74) is 2.49. The number of benzene rings is 2. The average Bonchev–Trinajstić information content (AvgIpc) is 2.45.